The highest BCUT2D eigenvalue weighted by molar-refractivity contribution is 7.98. The molecular weight excluding hydrogens is 264 g/mol. The average molecular weight is 274 g/mol. The van der Waals surface area contributed by atoms with E-state index in [2.05, 4.69) is 4.98 Å². The third-order valence-electron chi connectivity index (χ3n) is 2.43. The topological polar surface area (TPSA) is 87.1 Å². The van der Waals surface area contributed by atoms with Crippen LogP contribution in [0.15, 0.2) is 33.8 Å². The average Bonchev–Trinajstić information content (AvgIpc) is 2.78. The van der Waals surface area contributed by atoms with Crippen molar-refractivity contribution in [2.45, 2.75) is 17.7 Å². The van der Waals surface area contributed by atoms with Gasteiger partial charge in [0.2, 0.25) is 0 Å². The van der Waals surface area contributed by atoms with Gasteiger partial charge in [0.25, 0.3) is 0 Å². The number of furan rings is 1. The summed E-state index contributed by atoms with van der Waals surface area (Å²) in [5.74, 6) is 0.434. The van der Waals surface area contributed by atoms with Gasteiger partial charge in [0.05, 0.1) is 22.4 Å². The first-order valence-corrected chi connectivity index (χ1v) is 6.40. The minimum absolute atomic E-state index is 0.175. The van der Waals surface area contributed by atoms with Crippen LogP contribution in [0.1, 0.15) is 27.4 Å². The zero-order valence-corrected chi connectivity index (χ0v) is 10.9. The zero-order chi connectivity index (χ0) is 13.8. The molecule has 2 heterocycles. The molecule has 0 aromatic carbocycles. The fourth-order valence-electron chi connectivity index (χ4n) is 1.53. The third-order valence-corrected chi connectivity index (χ3v) is 3.37. The number of carboxylic acids is 1. The van der Waals surface area contributed by atoms with Crippen LogP contribution < -0.4 is 0 Å². The molecule has 0 radical (unpaired) electrons. The van der Waals surface area contributed by atoms with Gasteiger partial charge in [0.1, 0.15) is 17.1 Å². The van der Waals surface area contributed by atoms with E-state index in [0.29, 0.717) is 27.9 Å². The number of rotatable bonds is 4. The molecule has 19 heavy (non-hydrogen) atoms. The summed E-state index contributed by atoms with van der Waals surface area (Å²) in [7, 11) is 0. The fourth-order valence-corrected chi connectivity index (χ4v) is 2.31. The number of hydrogen-bond donors (Lipinski definition) is 1. The van der Waals surface area contributed by atoms with E-state index >= 15 is 0 Å². The number of pyridine rings is 1. The lowest BCUT2D eigenvalue weighted by molar-refractivity contribution is 0.0695. The Morgan fingerprint density at radius 2 is 2.37 bits per heavy atom. The minimum atomic E-state index is -0.998. The first-order chi connectivity index (χ1) is 9.10. The van der Waals surface area contributed by atoms with Crippen molar-refractivity contribution in [2.75, 3.05) is 0 Å². The molecule has 2 aromatic heterocycles. The van der Waals surface area contributed by atoms with Gasteiger partial charge >= 0.3 is 5.97 Å². The van der Waals surface area contributed by atoms with Crippen LogP contribution in [0.4, 0.5) is 0 Å². The van der Waals surface area contributed by atoms with Crippen molar-refractivity contribution >= 4 is 17.7 Å². The zero-order valence-electron chi connectivity index (χ0n) is 10.1. The number of carboxylic acid groups (broad SMARTS) is 1. The molecule has 0 bridgehead atoms. The van der Waals surface area contributed by atoms with Gasteiger partial charge in [-0.1, -0.05) is 11.8 Å². The lowest BCUT2D eigenvalue weighted by atomic mass is 10.2. The molecule has 0 atom stereocenters. The highest BCUT2D eigenvalue weighted by Gasteiger charge is 2.13. The maximum absolute atomic E-state index is 10.9. The van der Waals surface area contributed by atoms with Gasteiger partial charge in [-0.2, -0.15) is 5.26 Å². The monoisotopic (exact) mass is 274 g/mol. The van der Waals surface area contributed by atoms with Crippen molar-refractivity contribution in [1.82, 2.24) is 4.98 Å². The van der Waals surface area contributed by atoms with E-state index < -0.39 is 5.97 Å². The van der Waals surface area contributed by atoms with E-state index in [9.17, 15) is 4.79 Å². The summed E-state index contributed by atoms with van der Waals surface area (Å²) in [6.45, 7) is 1.62. The Kier molecular flexibility index (Phi) is 3.88. The van der Waals surface area contributed by atoms with Crippen molar-refractivity contribution in [3.05, 3.63) is 47.0 Å². The number of hydrogen-bond acceptors (Lipinski definition) is 5. The van der Waals surface area contributed by atoms with E-state index in [0.717, 1.165) is 0 Å². The number of carbonyl (C=O) groups is 1. The molecule has 96 valence electrons. The number of nitrogens with zero attached hydrogens (tertiary/aromatic N) is 2. The Balaban J connectivity index is 2.08. The number of aromatic nitrogens is 1. The minimum Gasteiger partial charge on any atom is -0.478 e. The summed E-state index contributed by atoms with van der Waals surface area (Å²) < 4.78 is 5.36. The summed E-state index contributed by atoms with van der Waals surface area (Å²) >= 11 is 1.39. The van der Waals surface area contributed by atoms with Gasteiger partial charge < -0.3 is 9.52 Å². The quantitative estimate of drug-likeness (QED) is 0.862. The van der Waals surface area contributed by atoms with Gasteiger partial charge in [-0.05, 0) is 25.1 Å². The van der Waals surface area contributed by atoms with Gasteiger partial charge in [-0.3, -0.25) is 0 Å². The molecule has 0 unspecified atom stereocenters. The number of aryl methyl sites for hydroxylation is 1. The van der Waals surface area contributed by atoms with Crippen LogP contribution in [0.25, 0.3) is 0 Å². The van der Waals surface area contributed by atoms with Crippen LogP contribution in [-0.4, -0.2) is 16.1 Å². The summed E-state index contributed by atoms with van der Waals surface area (Å²) in [6, 6.07) is 6.86. The largest absolute Gasteiger partial charge is 0.478 e. The summed E-state index contributed by atoms with van der Waals surface area (Å²) in [6.07, 6.45) is 1.57. The van der Waals surface area contributed by atoms with Crippen LogP contribution in [0, 0.1) is 18.3 Å². The molecule has 2 rings (SSSR count). The summed E-state index contributed by atoms with van der Waals surface area (Å²) in [5.41, 5.74) is 0.716. The summed E-state index contributed by atoms with van der Waals surface area (Å²) in [5, 5.41) is 18.4. The highest BCUT2D eigenvalue weighted by Crippen LogP contribution is 2.24. The number of nitriles is 1. The van der Waals surface area contributed by atoms with Crippen molar-refractivity contribution in [1.29, 1.82) is 5.26 Å². The predicted octanol–water partition coefficient (Wildman–Crippen LogP) is 2.85. The smallest absolute Gasteiger partial charge is 0.339 e. The molecule has 0 saturated heterocycles. The second-order valence-electron chi connectivity index (χ2n) is 3.77. The molecule has 5 nitrogen and oxygen atoms in total. The molecule has 0 spiro atoms. The van der Waals surface area contributed by atoms with Crippen LogP contribution in [0.5, 0.6) is 0 Å². The molecule has 2 aromatic rings. The van der Waals surface area contributed by atoms with E-state index in [4.69, 9.17) is 14.8 Å². The van der Waals surface area contributed by atoms with Crippen LogP contribution >= 0.6 is 11.8 Å². The third kappa shape index (κ3) is 3.14. The maximum atomic E-state index is 10.9. The number of thioether (sulfide) groups is 1. The van der Waals surface area contributed by atoms with Crippen LogP contribution in [0.3, 0.4) is 0 Å². The van der Waals surface area contributed by atoms with Gasteiger partial charge in [-0.25, -0.2) is 9.78 Å². The van der Waals surface area contributed by atoms with Gasteiger partial charge in [-0.15, -0.1) is 0 Å². The molecule has 0 amide bonds. The van der Waals surface area contributed by atoms with Crippen LogP contribution in [-0.2, 0) is 5.75 Å². The Morgan fingerprint density at radius 3 is 3.00 bits per heavy atom. The van der Waals surface area contributed by atoms with E-state index in [1.807, 2.05) is 6.07 Å². The second kappa shape index (κ2) is 5.59. The van der Waals surface area contributed by atoms with E-state index in [-0.39, 0.29) is 5.56 Å². The molecule has 0 aliphatic rings. The summed E-state index contributed by atoms with van der Waals surface area (Å²) in [4.78, 5) is 15.0. The normalized spacial score (nSPS) is 10.1. The van der Waals surface area contributed by atoms with Crippen molar-refractivity contribution in [2.24, 2.45) is 0 Å². The predicted molar refractivity (Wildman–Crippen MR) is 68.9 cm³/mol. The molecule has 0 aliphatic carbocycles. The first-order valence-electron chi connectivity index (χ1n) is 5.41. The molecule has 0 fully saturated rings. The molecular formula is C13H10N2O3S. The second-order valence-corrected chi connectivity index (χ2v) is 4.77. The van der Waals surface area contributed by atoms with Crippen LogP contribution in [0.2, 0.25) is 0 Å². The Labute approximate surface area is 113 Å². The van der Waals surface area contributed by atoms with Gasteiger partial charge in [0.15, 0.2) is 0 Å². The molecule has 6 heteroatoms. The Morgan fingerprint density at radius 1 is 1.58 bits per heavy atom. The Hall–Kier alpha value is -2.26. The van der Waals surface area contributed by atoms with Crippen molar-refractivity contribution in [3.63, 3.8) is 0 Å². The fraction of sp³-hybridized carbons (Fsp3) is 0.154. The molecule has 0 saturated carbocycles. The first kappa shape index (κ1) is 13.2. The molecule has 0 aliphatic heterocycles. The number of aromatic carboxylic acids is 1. The SMILES string of the molecule is Cc1oc(CSc2cc(C#N)ccn2)cc1C(=O)O. The Bertz CT molecular complexity index is 658. The maximum Gasteiger partial charge on any atom is 0.339 e. The molecule has 1 N–H and O–H groups in total. The lowest BCUT2D eigenvalue weighted by Crippen LogP contribution is -1.94. The highest BCUT2D eigenvalue weighted by atomic mass is 32.2. The lowest BCUT2D eigenvalue weighted by Gasteiger charge is -1.98. The van der Waals surface area contributed by atoms with Crippen molar-refractivity contribution < 1.29 is 14.3 Å². The van der Waals surface area contributed by atoms with E-state index in [1.54, 1.807) is 25.3 Å². The standard InChI is InChI=1S/C13H10N2O3S/c1-8-11(13(16)17)5-10(18-8)7-19-12-4-9(6-14)2-3-15-12/h2-5H,7H2,1H3,(H,16,17). The van der Waals surface area contributed by atoms with Gasteiger partial charge in [0, 0.05) is 6.20 Å². The van der Waals surface area contributed by atoms with Crippen molar-refractivity contribution in [3.8, 4) is 6.07 Å². The van der Waals surface area contributed by atoms with E-state index in [1.165, 1.54) is 17.8 Å².